The highest BCUT2D eigenvalue weighted by Crippen LogP contribution is 1.93. The quantitative estimate of drug-likeness (QED) is 0.719. The molecule has 82 valence electrons. The largest absolute Gasteiger partial charge is 0.393 e. The molecule has 0 saturated carbocycles. The maximum absolute atomic E-state index is 11.6. The smallest absolute Gasteiger partial charge is 0.242 e. The van der Waals surface area contributed by atoms with E-state index in [9.17, 15) is 4.79 Å². The predicted octanol–water partition coefficient (Wildman–Crippen LogP) is 0.0177. The lowest BCUT2D eigenvalue weighted by molar-refractivity contribution is -0.130. The summed E-state index contributed by atoms with van der Waals surface area (Å²) in [6, 6.07) is 0. The van der Waals surface area contributed by atoms with Crippen molar-refractivity contribution in [2.75, 3.05) is 13.6 Å². The molecule has 1 aromatic heterocycles. The lowest BCUT2D eigenvalue weighted by Crippen LogP contribution is -2.32. The second kappa shape index (κ2) is 5.45. The lowest BCUT2D eigenvalue weighted by Gasteiger charge is -2.16. The van der Waals surface area contributed by atoms with Crippen LogP contribution in [0.25, 0.3) is 0 Å². The number of carbonyl (C=O) groups is 1. The molecule has 1 aromatic rings. The van der Waals surface area contributed by atoms with Gasteiger partial charge in [0.2, 0.25) is 5.91 Å². The zero-order valence-corrected chi connectivity index (χ0v) is 9.41. The van der Waals surface area contributed by atoms with E-state index in [2.05, 4.69) is 4.98 Å². The lowest BCUT2D eigenvalue weighted by atomic mass is 10.4. The summed E-state index contributed by atoms with van der Waals surface area (Å²) >= 11 is 4.74. The number of hydrogen-bond donors (Lipinski definition) is 1. The van der Waals surface area contributed by atoms with Crippen LogP contribution < -0.4 is 5.73 Å². The number of likely N-dealkylation sites (N-methyl/N-ethyl adjacent to an activating group) is 1. The van der Waals surface area contributed by atoms with Crippen LogP contribution in [0, 0.1) is 0 Å². The van der Waals surface area contributed by atoms with Gasteiger partial charge in [-0.15, -0.1) is 0 Å². The summed E-state index contributed by atoms with van der Waals surface area (Å²) in [6.45, 7) is 0.858. The minimum Gasteiger partial charge on any atom is -0.393 e. The van der Waals surface area contributed by atoms with Gasteiger partial charge in [0, 0.05) is 32.4 Å². The van der Waals surface area contributed by atoms with Crippen LogP contribution in [0.5, 0.6) is 0 Å². The summed E-state index contributed by atoms with van der Waals surface area (Å²) < 4.78 is 1.72. The molecule has 0 radical (unpaired) electrons. The monoisotopic (exact) mass is 226 g/mol. The van der Waals surface area contributed by atoms with E-state index in [0.717, 1.165) is 0 Å². The number of rotatable bonds is 5. The SMILES string of the molecule is CN(CCC(N)=S)C(=O)Cn1ccnc1. The second-order valence-corrected chi connectivity index (χ2v) is 3.79. The van der Waals surface area contributed by atoms with Crippen molar-refractivity contribution in [3.63, 3.8) is 0 Å². The number of aromatic nitrogens is 2. The number of amides is 1. The van der Waals surface area contributed by atoms with E-state index < -0.39 is 0 Å². The summed E-state index contributed by atoms with van der Waals surface area (Å²) in [5, 5.41) is 0. The standard InChI is InChI=1S/C9H14N4OS/c1-12(4-2-8(10)15)9(14)6-13-5-3-11-7-13/h3,5,7H,2,4,6H2,1H3,(H2,10,15). The van der Waals surface area contributed by atoms with Crippen molar-refractivity contribution in [2.45, 2.75) is 13.0 Å². The summed E-state index contributed by atoms with van der Waals surface area (Å²) in [4.78, 5) is 17.5. The molecule has 0 saturated heterocycles. The van der Waals surface area contributed by atoms with E-state index in [1.165, 1.54) is 0 Å². The van der Waals surface area contributed by atoms with Gasteiger partial charge in [-0.1, -0.05) is 12.2 Å². The maximum atomic E-state index is 11.6. The Morgan fingerprint density at radius 3 is 2.93 bits per heavy atom. The molecule has 0 bridgehead atoms. The molecule has 5 nitrogen and oxygen atoms in total. The van der Waals surface area contributed by atoms with Crippen LogP contribution in [-0.4, -0.2) is 38.9 Å². The Hall–Kier alpha value is -1.43. The van der Waals surface area contributed by atoms with Gasteiger partial charge >= 0.3 is 0 Å². The molecule has 0 unspecified atom stereocenters. The molecule has 1 heterocycles. The van der Waals surface area contributed by atoms with Crippen LogP contribution in [0.2, 0.25) is 0 Å². The Labute approximate surface area is 93.9 Å². The summed E-state index contributed by atoms with van der Waals surface area (Å²) in [5.74, 6) is 0.0178. The van der Waals surface area contributed by atoms with E-state index >= 15 is 0 Å². The van der Waals surface area contributed by atoms with Crippen molar-refractivity contribution in [3.8, 4) is 0 Å². The second-order valence-electron chi connectivity index (χ2n) is 3.27. The van der Waals surface area contributed by atoms with E-state index in [-0.39, 0.29) is 5.91 Å². The predicted molar refractivity (Wildman–Crippen MR) is 61.3 cm³/mol. The molecule has 0 aromatic carbocycles. The summed E-state index contributed by atoms with van der Waals surface area (Å²) in [7, 11) is 1.73. The Bertz CT molecular complexity index is 336. The Balaban J connectivity index is 2.36. The fourth-order valence-electron chi connectivity index (χ4n) is 1.06. The molecule has 0 aliphatic carbocycles. The van der Waals surface area contributed by atoms with Crippen LogP contribution in [0.4, 0.5) is 0 Å². The molecule has 15 heavy (non-hydrogen) atoms. The molecular weight excluding hydrogens is 212 g/mol. The topological polar surface area (TPSA) is 64.2 Å². The fourth-order valence-corrected chi connectivity index (χ4v) is 1.15. The number of carbonyl (C=O) groups excluding carboxylic acids is 1. The minimum atomic E-state index is 0.0178. The van der Waals surface area contributed by atoms with E-state index in [4.69, 9.17) is 18.0 Å². The third kappa shape index (κ3) is 4.07. The Kier molecular flexibility index (Phi) is 4.23. The highest BCUT2D eigenvalue weighted by atomic mass is 32.1. The zero-order valence-electron chi connectivity index (χ0n) is 8.59. The van der Waals surface area contributed by atoms with Crippen molar-refractivity contribution in [1.29, 1.82) is 0 Å². The van der Waals surface area contributed by atoms with Gasteiger partial charge in [0.15, 0.2) is 0 Å². The highest BCUT2D eigenvalue weighted by Gasteiger charge is 2.08. The van der Waals surface area contributed by atoms with Gasteiger partial charge in [0.05, 0.1) is 11.3 Å². The van der Waals surface area contributed by atoms with Crippen molar-refractivity contribution < 1.29 is 4.79 Å². The van der Waals surface area contributed by atoms with Crippen LogP contribution in [0.1, 0.15) is 6.42 Å². The minimum absolute atomic E-state index is 0.0178. The molecule has 0 aliphatic heterocycles. The Morgan fingerprint density at radius 2 is 2.40 bits per heavy atom. The first-order valence-electron chi connectivity index (χ1n) is 4.57. The molecule has 1 amide bonds. The molecule has 6 heteroatoms. The van der Waals surface area contributed by atoms with Crippen LogP contribution >= 0.6 is 12.2 Å². The molecule has 0 spiro atoms. The van der Waals surface area contributed by atoms with Gasteiger partial charge in [0.25, 0.3) is 0 Å². The Morgan fingerprint density at radius 1 is 1.67 bits per heavy atom. The fraction of sp³-hybridized carbons (Fsp3) is 0.444. The molecule has 0 aliphatic rings. The van der Waals surface area contributed by atoms with Crippen LogP contribution in [0.15, 0.2) is 18.7 Å². The highest BCUT2D eigenvalue weighted by molar-refractivity contribution is 7.80. The van der Waals surface area contributed by atoms with Crippen LogP contribution in [-0.2, 0) is 11.3 Å². The van der Waals surface area contributed by atoms with Gasteiger partial charge in [-0.3, -0.25) is 4.79 Å². The van der Waals surface area contributed by atoms with Gasteiger partial charge in [-0.05, 0) is 0 Å². The van der Waals surface area contributed by atoms with Crippen molar-refractivity contribution in [1.82, 2.24) is 14.5 Å². The third-order valence-corrected chi connectivity index (χ3v) is 2.20. The molecule has 1 rings (SSSR count). The number of nitrogens with two attached hydrogens (primary N) is 1. The van der Waals surface area contributed by atoms with Gasteiger partial charge in [-0.25, -0.2) is 4.98 Å². The van der Waals surface area contributed by atoms with Crippen molar-refractivity contribution >= 4 is 23.1 Å². The molecule has 2 N–H and O–H groups in total. The van der Waals surface area contributed by atoms with Crippen molar-refractivity contribution in [3.05, 3.63) is 18.7 Å². The summed E-state index contributed by atoms with van der Waals surface area (Å²) in [6.07, 6.45) is 5.56. The normalized spacial score (nSPS) is 9.93. The summed E-state index contributed by atoms with van der Waals surface area (Å²) in [5.41, 5.74) is 5.36. The van der Waals surface area contributed by atoms with E-state index in [1.54, 1.807) is 35.2 Å². The van der Waals surface area contributed by atoms with Gasteiger partial charge in [0.1, 0.15) is 6.54 Å². The molecular formula is C9H14N4OS. The van der Waals surface area contributed by atoms with Gasteiger partial charge in [-0.2, -0.15) is 0 Å². The number of imidazole rings is 1. The molecule has 0 atom stereocenters. The number of thiocarbonyl (C=S) groups is 1. The van der Waals surface area contributed by atoms with Crippen molar-refractivity contribution in [2.24, 2.45) is 5.73 Å². The third-order valence-electron chi connectivity index (χ3n) is 2.00. The van der Waals surface area contributed by atoms with Crippen LogP contribution in [0.3, 0.4) is 0 Å². The first kappa shape index (κ1) is 11.6. The molecule has 0 fully saturated rings. The average molecular weight is 226 g/mol. The first-order chi connectivity index (χ1) is 7.09. The average Bonchev–Trinajstić information content (AvgIpc) is 2.66. The van der Waals surface area contributed by atoms with E-state index in [0.29, 0.717) is 24.5 Å². The maximum Gasteiger partial charge on any atom is 0.242 e. The zero-order chi connectivity index (χ0) is 11.3. The number of hydrogen-bond acceptors (Lipinski definition) is 3. The first-order valence-corrected chi connectivity index (χ1v) is 4.98. The number of nitrogens with zero attached hydrogens (tertiary/aromatic N) is 3. The van der Waals surface area contributed by atoms with Gasteiger partial charge < -0.3 is 15.2 Å². The van der Waals surface area contributed by atoms with E-state index in [1.807, 2.05) is 0 Å².